The molecule has 1 aliphatic carbocycles. The first-order valence-corrected chi connectivity index (χ1v) is 9.11. The van der Waals surface area contributed by atoms with E-state index in [1.54, 1.807) is 0 Å². The van der Waals surface area contributed by atoms with Gasteiger partial charge in [0.05, 0.1) is 0 Å². The predicted octanol–water partition coefficient (Wildman–Crippen LogP) is 5.07. The van der Waals surface area contributed by atoms with Crippen LogP contribution < -0.4 is 5.32 Å². The largest absolute Gasteiger partial charge is 0.448 e. The molecule has 5 heteroatoms. The first kappa shape index (κ1) is 17.3. The summed E-state index contributed by atoms with van der Waals surface area (Å²) in [6.07, 6.45) is -0.496. The molecule has 0 unspecified atom stereocenters. The third-order valence-corrected chi connectivity index (χ3v) is 4.96. The molecule has 27 heavy (non-hydrogen) atoms. The van der Waals surface area contributed by atoms with E-state index in [0.29, 0.717) is 5.82 Å². The van der Waals surface area contributed by atoms with E-state index in [2.05, 4.69) is 60.6 Å². The highest BCUT2D eigenvalue weighted by atomic mass is 16.5. The van der Waals surface area contributed by atoms with Crippen LogP contribution in [0.4, 0.5) is 10.6 Å². The smallest absolute Gasteiger partial charge is 0.412 e. The number of anilines is 1. The zero-order chi connectivity index (χ0) is 19.0. The number of hydrogen-bond acceptors (Lipinski definition) is 3. The Bertz CT molecular complexity index is 939. The van der Waals surface area contributed by atoms with Gasteiger partial charge in [-0.2, -0.15) is 5.10 Å². The highest BCUT2D eigenvalue weighted by molar-refractivity contribution is 5.84. The van der Waals surface area contributed by atoms with E-state index < -0.39 is 6.09 Å². The molecule has 3 aromatic rings. The summed E-state index contributed by atoms with van der Waals surface area (Å²) >= 11 is 0. The second-order valence-corrected chi connectivity index (χ2v) is 7.87. The number of aromatic amines is 1. The fourth-order valence-corrected chi connectivity index (χ4v) is 3.51. The Labute approximate surface area is 158 Å². The number of amides is 1. The molecular formula is C22H23N3O2. The van der Waals surface area contributed by atoms with Crippen molar-refractivity contribution in [2.45, 2.75) is 32.1 Å². The average Bonchev–Trinajstić information content (AvgIpc) is 3.23. The second-order valence-electron chi connectivity index (χ2n) is 7.87. The summed E-state index contributed by atoms with van der Waals surface area (Å²) in [5.41, 5.74) is 5.71. The van der Waals surface area contributed by atoms with Gasteiger partial charge in [0.1, 0.15) is 6.61 Å². The zero-order valence-corrected chi connectivity index (χ0v) is 15.7. The lowest BCUT2D eigenvalue weighted by molar-refractivity contribution is 0.158. The van der Waals surface area contributed by atoms with Crippen LogP contribution in [0.3, 0.4) is 0 Å². The van der Waals surface area contributed by atoms with Gasteiger partial charge in [-0.1, -0.05) is 69.3 Å². The van der Waals surface area contributed by atoms with E-state index in [4.69, 9.17) is 4.74 Å². The standard InChI is InChI=1S/C22H23N3O2/c1-22(2,3)19-12-20(25-24-19)23-21(26)27-13-18-16-10-6-4-8-14(16)15-9-5-7-11-17(15)18/h4-12,18H,13H2,1-3H3,(H2,23,24,25,26). The van der Waals surface area contributed by atoms with Crippen molar-refractivity contribution in [2.75, 3.05) is 11.9 Å². The Kier molecular flexibility index (Phi) is 4.22. The normalized spacial score (nSPS) is 13.1. The number of rotatable bonds is 3. The molecule has 5 nitrogen and oxygen atoms in total. The predicted molar refractivity (Wildman–Crippen MR) is 106 cm³/mol. The molecule has 1 amide bonds. The number of hydrogen-bond donors (Lipinski definition) is 2. The number of carbonyl (C=O) groups is 1. The van der Waals surface area contributed by atoms with Crippen molar-refractivity contribution in [1.82, 2.24) is 10.2 Å². The van der Waals surface area contributed by atoms with Gasteiger partial charge in [-0.25, -0.2) is 4.79 Å². The summed E-state index contributed by atoms with van der Waals surface area (Å²) in [6, 6.07) is 18.4. The third-order valence-electron chi connectivity index (χ3n) is 4.96. The SMILES string of the molecule is CC(C)(C)c1cc(NC(=O)OCC2c3ccccc3-c3ccccc32)n[nH]1. The van der Waals surface area contributed by atoms with E-state index in [1.165, 1.54) is 22.3 Å². The second kappa shape index (κ2) is 6.58. The van der Waals surface area contributed by atoms with Crippen LogP contribution in [0.2, 0.25) is 0 Å². The van der Waals surface area contributed by atoms with Crippen LogP contribution in [0.5, 0.6) is 0 Å². The molecular weight excluding hydrogens is 338 g/mol. The van der Waals surface area contributed by atoms with Crippen molar-refractivity contribution in [2.24, 2.45) is 0 Å². The maximum atomic E-state index is 12.3. The van der Waals surface area contributed by atoms with E-state index in [0.717, 1.165) is 5.69 Å². The van der Waals surface area contributed by atoms with Crippen LogP contribution in [-0.4, -0.2) is 22.9 Å². The van der Waals surface area contributed by atoms with Gasteiger partial charge in [0.25, 0.3) is 0 Å². The lowest BCUT2D eigenvalue weighted by Crippen LogP contribution is -2.18. The molecule has 0 saturated heterocycles. The molecule has 0 atom stereocenters. The Morgan fingerprint density at radius 2 is 1.67 bits per heavy atom. The molecule has 138 valence electrons. The lowest BCUT2D eigenvalue weighted by atomic mass is 9.92. The summed E-state index contributed by atoms with van der Waals surface area (Å²) < 4.78 is 5.53. The van der Waals surface area contributed by atoms with Crippen LogP contribution in [-0.2, 0) is 10.2 Å². The van der Waals surface area contributed by atoms with Crippen LogP contribution in [0.25, 0.3) is 11.1 Å². The van der Waals surface area contributed by atoms with Crippen molar-refractivity contribution < 1.29 is 9.53 Å². The molecule has 0 fully saturated rings. The topological polar surface area (TPSA) is 67.0 Å². The summed E-state index contributed by atoms with van der Waals surface area (Å²) in [6.45, 7) is 6.53. The lowest BCUT2D eigenvalue weighted by Gasteiger charge is -2.15. The van der Waals surface area contributed by atoms with E-state index in [9.17, 15) is 4.79 Å². The third kappa shape index (κ3) is 3.33. The maximum absolute atomic E-state index is 12.3. The minimum Gasteiger partial charge on any atom is -0.448 e. The maximum Gasteiger partial charge on any atom is 0.412 e. The Morgan fingerprint density at radius 3 is 2.22 bits per heavy atom. The van der Waals surface area contributed by atoms with Crippen molar-refractivity contribution in [1.29, 1.82) is 0 Å². The number of H-pyrrole nitrogens is 1. The molecule has 1 heterocycles. The molecule has 2 N–H and O–H groups in total. The minimum atomic E-state index is -0.496. The first-order chi connectivity index (χ1) is 12.9. The zero-order valence-electron chi connectivity index (χ0n) is 15.7. The summed E-state index contributed by atoms with van der Waals surface area (Å²) in [4.78, 5) is 12.3. The minimum absolute atomic E-state index is 0.0486. The Morgan fingerprint density at radius 1 is 1.07 bits per heavy atom. The number of ether oxygens (including phenoxy) is 1. The van der Waals surface area contributed by atoms with Gasteiger partial charge < -0.3 is 4.74 Å². The van der Waals surface area contributed by atoms with Gasteiger partial charge in [-0.3, -0.25) is 10.4 Å². The van der Waals surface area contributed by atoms with Gasteiger partial charge in [0.15, 0.2) is 5.82 Å². The van der Waals surface area contributed by atoms with Crippen LogP contribution in [0.15, 0.2) is 54.6 Å². The fourth-order valence-electron chi connectivity index (χ4n) is 3.51. The van der Waals surface area contributed by atoms with Gasteiger partial charge in [-0.05, 0) is 22.3 Å². The number of carbonyl (C=O) groups excluding carboxylic acids is 1. The van der Waals surface area contributed by atoms with Gasteiger partial charge in [-0.15, -0.1) is 0 Å². The van der Waals surface area contributed by atoms with E-state index >= 15 is 0 Å². The molecule has 4 rings (SSSR count). The summed E-state index contributed by atoms with van der Waals surface area (Å²) in [5.74, 6) is 0.518. The monoisotopic (exact) mass is 361 g/mol. The van der Waals surface area contributed by atoms with Crippen molar-refractivity contribution in [3.63, 3.8) is 0 Å². The molecule has 0 radical (unpaired) electrons. The van der Waals surface area contributed by atoms with Crippen LogP contribution in [0.1, 0.15) is 43.5 Å². The molecule has 0 spiro atoms. The number of nitrogens with zero attached hydrogens (tertiary/aromatic N) is 1. The molecule has 0 aliphatic heterocycles. The molecule has 0 saturated carbocycles. The van der Waals surface area contributed by atoms with Crippen molar-refractivity contribution in [3.05, 3.63) is 71.4 Å². The summed E-state index contributed by atoms with van der Waals surface area (Å²) in [5, 5.41) is 9.79. The number of fused-ring (bicyclic) bond motifs is 3. The molecule has 2 aromatic carbocycles. The summed E-state index contributed by atoms with van der Waals surface area (Å²) in [7, 11) is 0. The van der Waals surface area contributed by atoms with Crippen molar-refractivity contribution in [3.8, 4) is 11.1 Å². The van der Waals surface area contributed by atoms with Crippen LogP contribution >= 0.6 is 0 Å². The fraction of sp³-hybridized carbons (Fsp3) is 0.273. The Hall–Kier alpha value is -3.08. The first-order valence-electron chi connectivity index (χ1n) is 9.11. The van der Waals surface area contributed by atoms with Gasteiger partial charge >= 0.3 is 6.09 Å². The molecule has 1 aliphatic rings. The van der Waals surface area contributed by atoms with E-state index in [1.807, 2.05) is 30.3 Å². The quantitative estimate of drug-likeness (QED) is 0.684. The van der Waals surface area contributed by atoms with E-state index in [-0.39, 0.29) is 17.9 Å². The Balaban J connectivity index is 1.46. The van der Waals surface area contributed by atoms with Gasteiger partial charge in [0, 0.05) is 23.1 Å². The number of aromatic nitrogens is 2. The number of nitrogens with one attached hydrogen (secondary N) is 2. The molecule has 1 aromatic heterocycles. The van der Waals surface area contributed by atoms with Crippen molar-refractivity contribution >= 4 is 11.9 Å². The number of benzene rings is 2. The molecule has 0 bridgehead atoms. The van der Waals surface area contributed by atoms with Gasteiger partial charge in [0.2, 0.25) is 0 Å². The average molecular weight is 361 g/mol. The highest BCUT2D eigenvalue weighted by Crippen LogP contribution is 2.44. The van der Waals surface area contributed by atoms with Crippen LogP contribution in [0, 0.1) is 0 Å². The highest BCUT2D eigenvalue weighted by Gasteiger charge is 2.29.